The fraction of sp³-hybridized carbons (Fsp3) is 0.917. The Balaban J connectivity index is 0. The second-order valence-electron chi connectivity index (χ2n) is 5.41. The van der Waals surface area contributed by atoms with Gasteiger partial charge in [0.25, 0.3) is 0 Å². The molecule has 3 nitrogen and oxygen atoms in total. The van der Waals surface area contributed by atoms with E-state index in [1.807, 2.05) is 7.05 Å². The molecule has 0 spiro atoms. The molecule has 0 aliphatic carbocycles. The zero-order valence-corrected chi connectivity index (χ0v) is 13.9. The molecule has 0 aromatic rings. The summed E-state index contributed by atoms with van der Waals surface area (Å²) in [6, 6.07) is 0. The van der Waals surface area contributed by atoms with Gasteiger partial charge in [-0.05, 0) is 39.5 Å². The minimum atomic E-state index is 0. The molecule has 0 unspecified atom stereocenters. The van der Waals surface area contributed by atoms with E-state index < -0.39 is 0 Å². The van der Waals surface area contributed by atoms with Crippen molar-refractivity contribution in [3.05, 3.63) is 0 Å². The first-order valence-electron chi connectivity index (χ1n) is 5.84. The number of rotatable bonds is 4. The average Bonchev–Trinajstić information content (AvgIpc) is 2.08. The molecule has 0 amide bonds. The van der Waals surface area contributed by atoms with E-state index in [-0.39, 0.29) is 29.5 Å². The molecule has 2 N–H and O–H groups in total. The lowest BCUT2D eigenvalue weighted by atomic mass is 10.1. The SMILES string of the molecule is CN=C(NCCCC(C)C)NC(C)(C)C.I. The zero-order valence-electron chi connectivity index (χ0n) is 11.6. The number of halogens is 1. The maximum atomic E-state index is 4.18. The second-order valence-corrected chi connectivity index (χ2v) is 5.41. The van der Waals surface area contributed by atoms with Gasteiger partial charge in [-0.1, -0.05) is 13.8 Å². The molecule has 0 rings (SSSR count). The third kappa shape index (κ3) is 12.1. The van der Waals surface area contributed by atoms with Gasteiger partial charge in [0.15, 0.2) is 5.96 Å². The molecule has 0 aromatic heterocycles. The van der Waals surface area contributed by atoms with Crippen LogP contribution in [0, 0.1) is 5.92 Å². The minimum absolute atomic E-state index is 0. The molecule has 0 aromatic carbocycles. The van der Waals surface area contributed by atoms with E-state index in [9.17, 15) is 0 Å². The van der Waals surface area contributed by atoms with Crippen molar-refractivity contribution >= 4 is 29.9 Å². The lowest BCUT2D eigenvalue weighted by molar-refractivity contribution is 0.496. The molecule has 0 radical (unpaired) electrons. The van der Waals surface area contributed by atoms with E-state index in [2.05, 4.69) is 50.2 Å². The van der Waals surface area contributed by atoms with Gasteiger partial charge in [0.05, 0.1) is 0 Å². The Morgan fingerprint density at radius 3 is 2.19 bits per heavy atom. The van der Waals surface area contributed by atoms with E-state index >= 15 is 0 Å². The highest BCUT2D eigenvalue weighted by molar-refractivity contribution is 14.0. The Labute approximate surface area is 118 Å². The van der Waals surface area contributed by atoms with Crippen molar-refractivity contribution in [3.8, 4) is 0 Å². The first-order valence-corrected chi connectivity index (χ1v) is 5.84. The van der Waals surface area contributed by atoms with Crippen LogP contribution < -0.4 is 10.6 Å². The third-order valence-electron chi connectivity index (χ3n) is 1.97. The van der Waals surface area contributed by atoms with E-state index in [1.54, 1.807) is 0 Å². The summed E-state index contributed by atoms with van der Waals surface area (Å²) in [5.74, 6) is 1.68. The topological polar surface area (TPSA) is 36.4 Å². The average molecular weight is 341 g/mol. The second kappa shape index (κ2) is 9.07. The maximum Gasteiger partial charge on any atom is 0.191 e. The summed E-state index contributed by atoms with van der Waals surface area (Å²) >= 11 is 0. The van der Waals surface area contributed by atoms with Crippen molar-refractivity contribution in [1.82, 2.24) is 10.6 Å². The summed E-state index contributed by atoms with van der Waals surface area (Å²) in [7, 11) is 1.81. The van der Waals surface area contributed by atoms with E-state index in [1.165, 1.54) is 12.8 Å². The van der Waals surface area contributed by atoms with Gasteiger partial charge in [-0.3, -0.25) is 4.99 Å². The molecule has 0 fully saturated rings. The van der Waals surface area contributed by atoms with Crippen LogP contribution in [0.4, 0.5) is 0 Å². The van der Waals surface area contributed by atoms with Gasteiger partial charge in [-0.15, -0.1) is 24.0 Å². The molecule has 0 saturated heterocycles. The van der Waals surface area contributed by atoms with Crippen LogP contribution in [0.1, 0.15) is 47.5 Å². The molecule has 0 saturated carbocycles. The highest BCUT2D eigenvalue weighted by Crippen LogP contribution is 2.02. The molecule has 0 atom stereocenters. The van der Waals surface area contributed by atoms with Gasteiger partial charge in [0.1, 0.15) is 0 Å². The van der Waals surface area contributed by atoms with Crippen molar-refractivity contribution < 1.29 is 0 Å². The lowest BCUT2D eigenvalue weighted by Crippen LogP contribution is -2.47. The normalized spacial score (nSPS) is 12.3. The van der Waals surface area contributed by atoms with Crippen molar-refractivity contribution in [2.75, 3.05) is 13.6 Å². The highest BCUT2D eigenvalue weighted by atomic mass is 127. The number of aliphatic imine (C=N–C) groups is 1. The largest absolute Gasteiger partial charge is 0.356 e. The number of hydrogen-bond acceptors (Lipinski definition) is 1. The molecule has 4 heteroatoms. The van der Waals surface area contributed by atoms with Gasteiger partial charge in [-0.2, -0.15) is 0 Å². The van der Waals surface area contributed by atoms with Gasteiger partial charge < -0.3 is 10.6 Å². The van der Waals surface area contributed by atoms with Gasteiger partial charge >= 0.3 is 0 Å². The Kier molecular flexibility index (Phi) is 10.4. The van der Waals surface area contributed by atoms with Crippen LogP contribution in [-0.2, 0) is 0 Å². The maximum absolute atomic E-state index is 4.18. The molecule has 98 valence electrons. The van der Waals surface area contributed by atoms with Crippen molar-refractivity contribution in [3.63, 3.8) is 0 Å². The van der Waals surface area contributed by atoms with Crippen LogP contribution in [0.5, 0.6) is 0 Å². The van der Waals surface area contributed by atoms with Crippen molar-refractivity contribution in [1.29, 1.82) is 0 Å². The number of guanidine groups is 1. The Morgan fingerprint density at radius 2 is 1.81 bits per heavy atom. The third-order valence-corrected chi connectivity index (χ3v) is 1.97. The quantitative estimate of drug-likeness (QED) is 0.357. The minimum Gasteiger partial charge on any atom is -0.356 e. The van der Waals surface area contributed by atoms with Crippen LogP contribution in [0.25, 0.3) is 0 Å². The summed E-state index contributed by atoms with van der Waals surface area (Å²) in [6.07, 6.45) is 2.46. The molecular formula is C12H28IN3. The summed E-state index contributed by atoms with van der Waals surface area (Å²) in [5, 5.41) is 6.65. The number of hydrogen-bond donors (Lipinski definition) is 2. The van der Waals surface area contributed by atoms with Crippen LogP contribution in [-0.4, -0.2) is 25.1 Å². The van der Waals surface area contributed by atoms with Crippen LogP contribution in [0.2, 0.25) is 0 Å². The standard InChI is InChI=1S/C12H27N3.HI/c1-10(2)8-7-9-14-11(13-6)15-12(3,4)5;/h10H,7-9H2,1-6H3,(H2,13,14,15);1H. The van der Waals surface area contributed by atoms with Gasteiger partial charge in [-0.25, -0.2) is 0 Å². The fourth-order valence-corrected chi connectivity index (χ4v) is 1.25. The molecule has 0 aliphatic heterocycles. The molecule has 0 bridgehead atoms. The zero-order chi connectivity index (χ0) is 11.9. The van der Waals surface area contributed by atoms with Gasteiger partial charge in [0.2, 0.25) is 0 Å². The van der Waals surface area contributed by atoms with Crippen molar-refractivity contribution in [2.24, 2.45) is 10.9 Å². The Morgan fingerprint density at radius 1 is 1.25 bits per heavy atom. The number of nitrogens with zero attached hydrogens (tertiary/aromatic N) is 1. The van der Waals surface area contributed by atoms with E-state index in [0.29, 0.717) is 0 Å². The first-order chi connectivity index (χ1) is 6.85. The summed E-state index contributed by atoms with van der Waals surface area (Å²) in [4.78, 5) is 4.18. The fourth-order valence-electron chi connectivity index (χ4n) is 1.25. The van der Waals surface area contributed by atoms with E-state index in [4.69, 9.17) is 0 Å². The molecule has 0 heterocycles. The summed E-state index contributed by atoms with van der Waals surface area (Å²) in [5.41, 5.74) is 0.0693. The van der Waals surface area contributed by atoms with Crippen molar-refractivity contribution in [2.45, 2.75) is 53.0 Å². The van der Waals surface area contributed by atoms with Crippen LogP contribution >= 0.6 is 24.0 Å². The van der Waals surface area contributed by atoms with Crippen LogP contribution in [0.15, 0.2) is 4.99 Å². The summed E-state index contributed by atoms with van der Waals surface area (Å²) in [6.45, 7) is 11.9. The summed E-state index contributed by atoms with van der Waals surface area (Å²) < 4.78 is 0. The van der Waals surface area contributed by atoms with E-state index in [0.717, 1.165) is 18.4 Å². The Bertz CT molecular complexity index is 195. The molecule has 0 aliphatic rings. The lowest BCUT2D eigenvalue weighted by Gasteiger charge is -2.23. The monoisotopic (exact) mass is 341 g/mol. The van der Waals surface area contributed by atoms with Gasteiger partial charge in [0, 0.05) is 19.1 Å². The first kappa shape index (κ1) is 18.4. The number of nitrogens with one attached hydrogen (secondary N) is 2. The predicted molar refractivity (Wildman–Crippen MR) is 83.7 cm³/mol. The smallest absolute Gasteiger partial charge is 0.191 e. The highest BCUT2D eigenvalue weighted by Gasteiger charge is 2.10. The van der Waals surface area contributed by atoms with Crippen LogP contribution in [0.3, 0.4) is 0 Å². The predicted octanol–water partition coefficient (Wildman–Crippen LogP) is 3.00. The molecule has 16 heavy (non-hydrogen) atoms. The molecular weight excluding hydrogens is 313 g/mol. The Hall–Kier alpha value is 0.